The Kier molecular flexibility index (Phi) is 6.66. The number of piperidine rings is 1. The van der Waals surface area contributed by atoms with E-state index in [0.717, 1.165) is 24.4 Å². The van der Waals surface area contributed by atoms with E-state index in [4.69, 9.17) is 0 Å². The molecule has 2 nitrogen and oxygen atoms in total. The SMILES string of the molecule is CCNC(CN1CCCC(CC)C1)C1CCCCC1. The van der Waals surface area contributed by atoms with E-state index in [9.17, 15) is 0 Å². The van der Waals surface area contributed by atoms with Crippen LogP contribution in [0.25, 0.3) is 0 Å². The summed E-state index contributed by atoms with van der Waals surface area (Å²) in [6, 6.07) is 0.751. The third-order valence-corrected chi connectivity index (χ3v) is 5.32. The minimum absolute atomic E-state index is 0.751. The van der Waals surface area contributed by atoms with Gasteiger partial charge in [0.25, 0.3) is 0 Å². The molecule has 2 aliphatic rings. The van der Waals surface area contributed by atoms with Crippen LogP contribution in [-0.2, 0) is 0 Å². The predicted octanol–water partition coefficient (Wildman–Crippen LogP) is 3.67. The summed E-state index contributed by atoms with van der Waals surface area (Å²) in [5.74, 6) is 1.90. The Hall–Kier alpha value is -0.0800. The monoisotopic (exact) mass is 266 g/mol. The van der Waals surface area contributed by atoms with Gasteiger partial charge in [-0.2, -0.15) is 0 Å². The van der Waals surface area contributed by atoms with Crippen molar-refractivity contribution in [2.24, 2.45) is 11.8 Å². The molecule has 1 aliphatic carbocycles. The lowest BCUT2D eigenvalue weighted by atomic mass is 9.83. The molecule has 2 rings (SSSR count). The van der Waals surface area contributed by atoms with Crippen LogP contribution in [0, 0.1) is 11.8 Å². The van der Waals surface area contributed by atoms with Crippen LogP contribution in [0.2, 0.25) is 0 Å². The smallest absolute Gasteiger partial charge is 0.0223 e. The standard InChI is InChI=1S/C17H34N2/c1-3-15-9-8-12-19(13-15)14-17(18-4-2)16-10-6-5-7-11-16/h15-18H,3-14H2,1-2H3. The van der Waals surface area contributed by atoms with Gasteiger partial charge in [-0.1, -0.05) is 39.5 Å². The average molecular weight is 266 g/mol. The molecule has 1 N–H and O–H groups in total. The molecule has 2 heteroatoms. The van der Waals surface area contributed by atoms with Gasteiger partial charge < -0.3 is 10.2 Å². The third-order valence-electron chi connectivity index (χ3n) is 5.32. The number of likely N-dealkylation sites (N-methyl/N-ethyl adjacent to an activating group) is 1. The molecule has 2 unspecified atom stereocenters. The van der Waals surface area contributed by atoms with Gasteiger partial charge in [0.05, 0.1) is 0 Å². The van der Waals surface area contributed by atoms with Crippen molar-refractivity contribution in [3.63, 3.8) is 0 Å². The minimum Gasteiger partial charge on any atom is -0.313 e. The number of hydrogen-bond donors (Lipinski definition) is 1. The van der Waals surface area contributed by atoms with E-state index in [1.165, 1.54) is 71.0 Å². The molecule has 0 bridgehead atoms. The van der Waals surface area contributed by atoms with Crippen LogP contribution < -0.4 is 5.32 Å². The summed E-state index contributed by atoms with van der Waals surface area (Å²) in [5.41, 5.74) is 0. The van der Waals surface area contributed by atoms with E-state index in [0.29, 0.717) is 0 Å². The van der Waals surface area contributed by atoms with Crippen LogP contribution >= 0.6 is 0 Å². The summed E-state index contributed by atoms with van der Waals surface area (Å²) in [5, 5.41) is 3.79. The van der Waals surface area contributed by atoms with Crippen LogP contribution in [-0.4, -0.2) is 37.1 Å². The second-order valence-corrected chi connectivity index (χ2v) is 6.74. The maximum absolute atomic E-state index is 3.79. The Balaban J connectivity index is 1.84. The van der Waals surface area contributed by atoms with E-state index in [1.807, 2.05) is 0 Å². The molecule has 0 aromatic rings. The number of hydrogen-bond acceptors (Lipinski definition) is 2. The molecule has 0 radical (unpaired) electrons. The highest BCUT2D eigenvalue weighted by Gasteiger charge is 2.27. The van der Waals surface area contributed by atoms with Gasteiger partial charge in [0, 0.05) is 19.1 Å². The van der Waals surface area contributed by atoms with Crippen molar-refractivity contribution >= 4 is 0 Å². The number of likely N-dealkylation sites (tertiary alicyclic amines) is 1. The molecule has 2 fully saturated rings. The van der Waals surface area contributed by atoms with E-state index < -0.39 is 0 Å². The molecule has 0 spiro atoms. The van der Waals surface area contributed by atoms with E-state index in [-0.39, 0.29) is 0 Å². The van der Waals surface area contributed by atoms with Crippen molar-refractivity contribution < 1.29 is 0 Å². The van der Waals surface area contributed by atoms with Gasteiger partial charge >= 0.3 is 0 Å². The summed E-state index contributed by atoms with van der Waals surface area (Å²) in [6.45, 7) is 9.75. The number of nitrogens with one attached hydrogen (secondary N) is 1. The lowest BCUT2D eigenvalue weighted by Gasteiger charge is -2.38. The highest BCUT2D eigenvalue weighted by molar-refractivity contribution is 4.84. The van der Waals surface area contributed by atoms with Gasteiger partial charge in [-0.05, 0) is 50.6 Å². The maximum atomic E-state index is 3.79. The zero-order valence-electron chi connectivity index (χ0n) is 13.2. The van der Waals surface area contributed by atoms with Crippen molar-refractivity contribution in [2.45, 2.75) is 71.3 Å². The highest BCUT2D eigenvalue weighted by Crippen LogP contribution is 2.28. The lowest BCUT2D eigenvalue weighted by Crippen LogP contribution is -2.48. The molecule has 2 atom stereocenters. The predicted molar refractivity (Wildman–Crippen MR) is 83.5 cm³/mol. The zero-order chi connectivity index (χ0) is 13.5. The van der Waals surface area contributed by atoms with Crippen molar-refractivity contribution in [3.05, 3.63) is 0 Å². The van der Waals surface area contributed by atoms with Crippen LogP contribution in [0.5, 0.6) is 0 Å². The molecule has 1 saturated heterocycles. The van der Waals surface area contributed by atoms with Crippen molar-refractivity contribution in [1.29, 1.82) is 0 Å². The van der Waals surface area contributed by atoms with Crippen LogP contribution in [0.4, 0.5) is 0 Å². The first kappa shape index (κ1) is 15.3. The Morgan fingerprint density at radius 2 is 1.84 bits per heavy atom. The average Bonchev–Trinajstić information content (AvgIpc) is 2.48. The normalized spacial score (nSPS) is 28.4. The fraction of sp³-hybridized carbons (Fsp3) is 1.00. The Morgan fingerprint density at radius 3 is 2.53 bits per heavy atom. The van der Waals surface area contributed by atoms with Crippen LogP contribution in [0.1, 0.15) is 65.2 Å². The van der Waals surface area contributed by atoms with Gasteiger partial charge in [0.15, 0.2) is 0 Å². The lowest BCUT2D eigenvalue weighted by molar-refractivity contribution is 0.132. The molecule has 19 heavy (non-hydrogen) atoms. The second-order valence-electron chi connectivity index (χ2n) is 6.74. The highest BCUT2D eigenvalue weighted by atomic mass is 15.2. The zero-order valence-corrected chi connectivity index (χ0v) is 13.2. The van der Waals surface area contributed by atoms with Crippen LogP contribution in [0.15, 0.2) is 0 Å². The van der Waals surface area contributed by atoms with E-state index in [1.54, 1.807) is 0 Å². The molecular weight excluding hydrogens is 232 g/mol. The van der Waals surface area contributed by atoms with Crippen molar-refractivity contribution in [1.82, 2.24) is 10.2 Å². The quantitative estimate of drug-likeness (QED) is 0.789. The first-order chi connectivity index (χ1) is 9.33. The molecule has 112 valence electrons. The Morgan fingerprint density at radius 1 is 1.05 bits per heavy atom. The number of nitrogens with zero attached hydrogens (tertiary/aromatic N) is 1. The summed E-state index contributed by atoms with van der Waals surface area (Å²) in [4.78, 5) is 2.75. The van der Waals surface area contributed by atoms with Gasteiger partial charge in [-0.3, -0.25) is 0 Å². The minimum atomic E-state index is 0.751. The molecule has 0 amide bonds. The van der Waals surface area contributed by atoms with Crippen molar-refractivity contribution in [2.75, 3.05) is 26.2 Å². The summed E-state index contributed by atoms with van der Waals surface area (Å²) >= 11 is 0. The Labute approximate surface area is 120 Å². The first-order valence-electron chi connectivity index (χ1n) is 8.79. The first-order valence-corrected chi connectivity index (χ1v) is 8.79. The molecular formula is C17H34N2. The fourth-order valence-corrected chi connectivity index (χ4v) is 4.11. The van der Waals surface area contributed by atoms with Crippen molar-refractivity contribution in [3.8, 4) is 0 Å². The summed E-state index contributed by atoms with van der Waals surface area (Å²) in [6.07, 6.45) is 11.6. The van der Waals surface area contributed by atoms with Gasteiger partial charge in [0.2, 0.25) is 0 Å². The maximum Gasteiger partial charge on any atom is 0.0223 e. The van der Waals surface area contributed by atoms with E-state index in [2.05, 4.69) is 24.1 Å². The van der Waals surface area contributed by atoms with Gasteiger partial charge in [-0.15, -0.1) is 0 Å². The van der Waals surface area contributed by atoms with Crippen LogP contribution in [0.3, 0.4) is 0 Å². The topological polar surface area (TPSA) is 15.3 Å². The van der Waals surface area contributed by atoms with E-state index >= 15 is 0 Å². The largest absolute Gasteiger partial charge is 0.313 e. The summed E-state index contributed by atoms with van der Waals surface area (Å²) in [7, 11) is 0. The van der Waals surface area contributed by atoms with Gasteiger partial charge in [0.1, 0.15) is 0 Å². The van der Waals surface area contributed by atoms with Gasteiger partial charge in [-0.25, -0.2) is 0 Å². The summed E-state index contributed by atoms with van der Waals surface area (Å²) < 4.78 is 0. The fourth-order valence-electron chi connectivity index (χ4n) is 4.11. The second kappa shape index (κ2) is 8.26. The molecule has 1 saturated carbocycles. The molecule has 1 heterocycles. The molecule has 1 aliphatic heterocycles. The molecule has 0 aromatic heterocycles. The Bertz CT molecular complexity index is 235. The molecule has 0 aromatic carbocycles. The number of rotatable bonds is 6. The third kappa shape index (κ3) is 4.75.